The molecule has 0 radical (unpaired) electrons. The van der Waals surface area contributed by atoms with Gasteiger partial charge in [-0.05, 0) is 26.0 Å². The second-order valence-corrected chi connectivity index (χ2v) is 3.94. The molecule has 1 aromatic rings. The lowest BCUT2D eigenvalue weighted by Gasteiger charge is -2.22. The Morgan fingerprint density at radius 2 is 1.89 bits per heavy atom. The molecule has 0 unspecified atom stereocenters. The van der Waals surface area contributed by atoms with Gasteiger partial charge in [-0.1, -0.05) is 6.07 Å². The number of amides is 2. The zero-order valence-corrected chi connectivity index (χ0v) is 11.1. The third kappa shape index (κ3) is 3.55. The van der Waals surface area contributed by atoms with Crippen molar-refractivity contribution >= 4 is 11.8 Å². The minimum Gasteiger partial charge on any atom is -0.342 e. The van der Waals surface area contributed by atoms with Gasteiger partial charge in [0.15, 0.2) is 0 Å². The SMILES string of the molecule is CCN(CC)C(=O)CN(C)C(=O)c1ccccn1. The highest BCUT2D eigenvalue weighted by Gasteiger charge is 2.18. The van der Waals surface area contributed by atoms with Crippen LogP contribution in [-0.4, -0.2) is 53.3 Å². The highest BCUT2D eigenvalue weighted by Crippen LogP contribution is 2.00. The molecule has 5 nitrogen and oxygen atoms in total. The topological polar surface area (TPSA) is 53.5 Å². The van der Waals surface area contributed by atoms with E-state index in [-0.39, 0.29) is 18.4 Å². The van der Waals surface area contributed by atoms with Crippen LogP contribution in [0.2, 0.25) is 0 Å². The number of carbonyl (C=O) groups excluding carboxylic acids is 2. The van der Waals surface area contributed by atoms with Gasteiger partial charge in [0.25, 0.3) is 5.91 Å². The van der Waals surface area contributed by atoms with Crippen molar-refractivity contribution in [1.82, 2.24) is 14.8 Å². The van der Waals surface area contributed by atoms with Gasteiger partial charge in [0, 0.05) is 26.3 Å². The number of nitrogens with zero attached hydrogens (tertiary/aromatic N) is 3. The molecule has 1 aromatic heterocycles. The number of hydrogen-bond donors (Lipinski definition) is 0. The maximum atomic E-state index is 12.0. The van der Waals surface area contributed by atoms with Crippen molar-refractivity contribution in [3.8, 4) is 0 Å². The quantitative estimate of drug-likeness (QED) is 0.783. The number of carbonyl (C=O) groups is 2. The maximum absolute atomic E-state index is 12.0. The van der Waals surface area contributed by atoms with Crippen LogP contribution in [0.5, 0.6) is 0 Å². The fourth-order valence-electron chi connectivity index (χ4n) is 1.64. The fourth-order valence-corrected chi connectivity index (χ4v) is 1.64. The summed E-state index contributed by atoms with van der Waals surface area (Å²) in [6.07, 6.45) is 1.56. The maximum Gasteiger partial charge on any atom is 0.272 e. The lowest BCUT2D eigenvalue weighted by molar-refractivity contribution is -0.131. The summed E-state index contributed by atoms with van der Waals surface area (Å²) >= 11 is 0. The van der Waals surface area contributed by atoms with E-state index in [2.05, 4.69) is 4.98 Å². The molecule has 1 rings (SSSR count). The lowest BCUT2D eigenvalue weighted by atomic mass is 10.3. The number of pyridine rings is 1. The summed E-state index contributed by atoms with van der Waals surface area (Å²) in [6.45, 7) is 5.23. The van der Waals surface area contributed by atoms with Crippen molar-refractivity contribution in [2.24, 2.45) is 0 Å². The second kappa shape index (κ2) is 6.74. The molecule has 0 aliphatic heterocycles. The number of aromatic nitrogens is 1. The van der Waals surface area contributed by atoms with E-state index < -0.39 is 0 Å². The van der Waals surface area contributed by atoms with Gasteiger partial charge in [-0.15, -0.1) is 0 Å². The van der Waals surface area contributed by atoms with Crippen LogP contribution in [0, 0.1) is 0 Å². The first kappa shape index (κ1) is 14.2. The Labute approximate surface area is 107 Å². The molecule has 98 valence electrons. The predicted molar refractivity (Wildman–Crippen MR) is 69.1 cm³/mol. The Morgan fingerprint density at radius 3 is 2.39 bits per heavy atom. The molecule has 0 saturated carbocycles. The third-order valence-corrected chi connectivity index (χ3v) is 2.72. The van der Waals surface area contributed by atoms with E-state index in [9.17, 15) is 9.59 Å². The smallest absolute Gasteiger partial charge is 0.272 e. The molecule has 0 saturated heterocycles. The number of likely N-dealkylation sites (N-methyl/N-ethyl adjacent to an activating group) is 2. The van der Waals surface area contributed by atoms with Crippen LogP contribution in [0.3, 0.4) is 0 Å². The average molecular weight is 249 g/mol. The predicted octanol–water partition coefficient (Wildman–Crippen LogP) is 1.02. The molecule has 0 spiro atoms. The van der Waals surface area contributed by atoms with E-state index in [0.717, 1.165) is 0 Å². The van der Waals surface area contributed by atoms with Crippen LogP contribution in [0.15, 0.2) is 24.4 Å². The molecular weight excluding hydrogens is 230 g/mol. The molecular formula is C13H19N3O2. The van der Waals surface area contributed by atoms with Crippen molar-refractivity contribution in [3.05, 3.63) is 30.1 Å². The highest BCUT2D eigenvalue weighted by molar-refractivity contribution is 5.94. The summed E-state index contributed by atoms with van der Waals surface area (Å²) in [5.74, 6) is -0.289. The summed E-state index contributed by atoms with van der Waals surface area (Å²) in [7, 11) is 1.61. The second-order valence-electron chi connectivity index (χ2n) is 3.94. The van der Waals surface area contributed by atoms with E-state index in [1.165, 1.54) is 4.90 Å². The van der Waals surface area contributed by atoms with Crippen LogP contribution in [0.4, 0.5) is 0 Å². The van der Waals surface area contributed by atoms with Gasteiger partial charge >= 0.3 is 0 Å². The van der Waals surface area contributed by atoms with Gasteiger partial charge in [-0.3, -0.25) is 14.6 Å². The van der Waals surface area contributed by atoms with Gasteiger partial charge in [-0.2, -0.15) is 0 Å². The molecule has 0 aliphatic carbocycles. The first-order chi connectivity index (χ1) is 8.60. The zero-order valence-electron chi connectivity index (χ0n) is 11.1. The summed E-state index contributed by atoms with van der Waals surface area (Å²) in [6, 6.07) is 5.14. The van der Waals surface area contributed by atoms with Crippen molar-refractivity contribution in [2.45, 2.75) is 13.8 Å². The van der Waals surface area contributed by atoms with Gasteiger partial charge in [-0.25, -0.2) is 0 Å². The van der Waals surface area contributed by atoms with Gasteiger partial charge in [0.1, 0.15) is 5.69 Å². The average Bonchev–Trinajstić information content (AvgIpc) is 2.40. The van der Waals surface area contributed by atoms with Crippen LogP contribution in [0.25, 0.3) is 0 Å². The van der Waals surface area contributed by atoms with Crippen molar-refractivity contribution in [1.29, 1.82) is 0 Å². The van der Waals surface area contributed by atoms with Crippen LogP contribution in [-0.2, 0) is 4.79 Å². The van der Waals surface area contributed by atoms with E-state index >= 15 is 0 Å². The van der Waals surface area contributed by atoms with Gasteiger partial charge in [0.05, 0.1) is 6.54 Å². The molecule has 0 aliphatic rings. The highest BCUT2D eigenvalue weighted by atomic mass is 16.2. The molecule has 0 atom stereocenters. The molecule has 0 bridgehead atoms. The molecule has 0 N–H and O–H groups in total. The minimum atomic E-state index is -0.240. The summed E-state index contributed by atoms with van der Waals surface area (Å²) < 4.78 is 0. The fraction of sp³-hybridized carbons (Fsp3) is 0.462. The largest absolute Gasteiger partial charge is 0.342 e. The van der Waals surface area contributed by atoms with E-state index in [1.807, 2.05) is 13.8 Å². The van der Waals surface area contributed by atoms with Crippen LogP contribution in [0.1, 0.15) is 24.3 Å². The third-order valence-electron chi connectivity index (χ3n) is 2.72. The summed E-state index contributed by atoms with van der Waals surface area (Å²) in [4.78, 5) is 30.9. The Hall–Kier alpha value is -1.91. The van der Waals surface area contributed by atoms with Gasteiger partial charge in [0.2, 0.25) is 5.91 Å². The standard InChI is InChI=1S/C13H19N3O2/c1-4-16(5-2)12(17)10-15(3)13(18)11-8-6-7-9-14-11/h6-9H,4-5,10H2,1-3H3. The summed E-state index contributed by atoms with van der Waals surface area (Å²) in [5, 5.41) is 0. The molecule has 0 aromatic carbocycles. The van der Waals surface area contributed by atoms with E-state index in [1.54, 1.807) is 36.3 Å². The molecule has 18 heavy (non-hydrogen) atoms. The molecule has 1 heterocycles. The van der Waals surface area contributed by atoms with Crippen molar-refractivity contribution in [2.75, 3.05) is 26.7 Å². The normalized spacial score (nSPS) is 9.94. The molecule has 0 fully saturated rings. The first-order valence-electron chi connectivity index (χ1n) is 6.04. The van der Waals surface area contributed by atoms with Crippen LogP contribution < -0.4 is 0 Å². The van der Waals surface area contributed by atoms with E-state index in [0.29, 0.717) is 18.8 Å². The monoisotopic (exact) mass is 249 g/mol. The summed E-state index contributed by atoms with van der Waals surface area (Å²) in [5.41, 5.74) is 0.354. The Bertz CT molecular complexity index is 402. The Kier molecular flexibility index (Phi) is 5.30. The number of rotatable bonds is 5. The Balaban J connectivity index is 2.63. The molecule has 5 heteroatoms. The zero-order chi connectivity index (χ0) is 13.5. The van der Waals surface area contributed by atoms with E-state index in [4.69, 9.17) is 0 Å². The lowest BCUT2D eigenvalue weighted by Crippen LogP contribution is -2.41. The number of hydrogen-bond acceptors (Lipinski definition) is 3. The Morgan fingerprint density at radius 1 is 1.22 bits per heavy atom. The van der Waals surface area contributed by atoms with Crippen molar-refractivity contribution < 1.29 is 9.59 Å². The minimum absolute atomic E-state index is 0.0493. The molecule has 2 amide bonds. The van der Waals surface area contributed by atoms with Crippen molar-refractivity contribution in [3.63, 3.8) is 0 Å². The van der Waals surface area contributed by atoms with Gasteiger partial charge < -0.3 is 9.80 Å². The van der Waals surface area contributed by atoms with Crippen LogP contribution >= 0.6 is 0 Å². The first-order valence-corrected chi connectivity index (χ1v) is 6.04.